The number of nitrogens with one attached hydrogen (secondary N) is 1. The standard InChI is InChI=1S/C18H28N4O2/c1-19-18(22(2)11-16-6-8-23-12-16)21-10-15-5-7-20-17(9-15)24-13-14-3-4-14/h5,7,9,14,16H,3-4,6,8,10-13H2,1-2H3,(H,19,21). The maximum absolute atomic E-state index is 5.75. The van der Waals surface area contributed by atoms with Gasteiger partial charge in [0.1, 0.15) is 0 Å². The largest absolute Gasteiger partial charge is 0.477 e. The van der Waals surface area contributed by atoms with E-state index in [0.29, 0.717) is 18.3 Å². The van der Waals surface area contributed by atoms with Crippen LogP contribution in [0.3, 0.4) is 0 Å². The second-order valence-corrected chi connectivity index (χ2v) is 6.77. The molecule has 2 heterocycles. The predicted molar refractivity (Wildman–Crippen MR) is 94.2 cm³/mol. The van der Waals surface area contributed by atoms with Gasteiger partial charge in [-0.15, -0.1) is 0 Å². The first-order valence-corrected chi connectivity index (χ1v) is 8.82. The molecule has 24 heavy (non-hydrogen) atoms. The van der Waals surface area contributed by atoms with Crippen molar-refractivity contribution in [3.05, 3.63) is 23.9 Å². The number of ether oxygens (including phenoxy) is 2. The quantitative estimate of drug-likeness (QED) is 0.611. The lowest BCUT2D eigenvalue weighted by Crippen LogP contribution is -2.41. The van der Waals surface area contributed by atoms with Gasteiger partial charge in [0.25, 0.3) is 0 Å². The van der Waals surface area contributed by atoms with E-state index in [1.54, 1.807) is 0 Å². The van der Waals surface area contributed by atoms with Gasteiger partial charge >= 0.3 is 0 Å². The Bertz CT molecular complexity index is 554. The van der Waals surface area contributed by atoms with E-state index in [0.717, 1.165) is 50.2 Å². The van der Waals surface area contributed by atoms with E-state index < -0.39 is 0 Å². The van der Waals surface area contributed by atoms with Crippen molar-refractivity contribution in [2.45, 2.75) is 25.8 Å². The number of rotatable bonds is 7. The van der Waals surface area contributed by atoms with Gasteiger partial charge in [-0.3, -0.25) is 4.99 Å². The number of pyridine rings is 1. The molecule has 0 aromatic carbocycles. The fourth-order valence-corrected chi connectivity index (χ4v) is 2.89. The molecule has 6 nitrogen and oxygen atoms in total. The number of hydrogen-bond acceptors (Lipinski definition) is 4. The van der Waals surface area contributed by atoms with Crippen molar-refractivity contribution >= 4 is 5.96 Å². The van der Waals surface area contributed by atoms with Gasteiger partial charge < -0.3 is 19.7 Å². The Morgan fingerprint density at radius 3 is 3.00 bits per heavy atom. The highest BCUT2D eigenvalue weighted by atomic mass is 16.5. The van der Waals surface area contributed by atoms with Crippen LogP contribution in [0.25, 0.3) is 0 Å². The van der Waals surface area contributed by atoms with Gasteiger partial charge in [-0.2, -0.15) is 0 Å². The van der Waals surface area contributed by atoms with Gasteiger partial charge in [-0.05, 0) is 36.8 Å². The Balaban J connectivity index is 1.48. The van der Waals surface area contributed by atoms with Gasteiger partial charge in [0.05, 0.1) is 13.2 Å². The summed E-state index contributed by atoms with van der Waals surface area (Å²) in [7, 11) is 3.89. The summed E-state index contributed by atoms with van der Waals surface area (Å²) in [4.78, 5) is 10.8. The third kappa shape index (κ3) is 5.09. The molecule has 1 atom stereocenters. The molecule has 1 saturated carbocycles. The van der Waals surface area contributed by atoms with Crippen LogP contribution >= 0.6 is 0 Å². The van der Waals surface area contributed by atoms with Crippen LogP contribution in [0.2, 0.25) is 0 Å². The molecule has 1 saturated heterocycles. The summed E-state index contributed by atoms with van der Waals surface area (Å²) in [5.74, 6) is 2.95. The van der Waals surface area contributed by atoms with E-state index in [1.807, 2.05) is 25.4 Å². The van der Waals surface area contributed by atoms with Crippen LogP contribution in [-0.4, -0.2) is 56.3 Å². The van der Waals surface area contributed by atoms with Crippen LogP contribution < -0.4 is 10.1 Å². The van der Waals surface area contributed by atoms with E-state index in [-0.39, 0.29) is 0 Å². The molecule has 1 aromatic rings. The van der Waals surface area contributed by atoms with Gasteiger partial charge in [-0.25, -0.2) is 4.98 Å². The Hall–Kier alpha value is -1.82. The number of hydrogen-bond donors (Lipinski definition) is 1. The Labute approximate surface area is 144 Å². The monoisotopic (exact) mass is 332 g/mol. The molecule has 0 amide bonds. The third-order valence-corrected chi connectivity index (χ3v) is 4.54. The second kappa shape index (κ2) is 8.33. The molecule has 1 aliphatic heterocycles. The normalized spacial score (nSPS) is 20.9. The second-order valence-electron chi connectivity index (χ2n) is 6.77. The van der Waals surface area contributed by atoms with Crippen LogP contribution in [0.15, 0.2) is 23.3 Å². The molecule has 0 radical (unpaired) electrons. The molecule has 6 heteroatoms. The summed E-state index contributed by atoms with van der Waals surface area (Å²) in [6.07, 6.45) is 5.51. The predicted octanol–water partition coefficient (Wildman–Crippen LogP) is 1.91. The van der Waals surface area contributed by atoms with E-state index in [1.165, 1.54) is 12.8 Å². The molecule has 1 aliphatic carbocycles. The van der Waals surface area contributed by atoms with Gasteiger partial charge in [0, 0.05) is 52.0 Å². The summed E-state index contributed by atoms with van der Waals surface area (Å²) < 4.78 is 11.2. The Kier molecular flexibility index (Phi) is 5.91. The molecule has 0 bridgehead atoms. The van der Waals surface area contributed by atoms with E-state index in [4.69, 9.17) is 9.47 Å². The number of aromatic nitrogens is 1. The van der Waals surface area contributed by atoms with Crippen molar-refractivity contribution in [1.82, 2.24) is 15.2 Å². The summed E-state index contributed by atoms with van der Waals surface area (Å²) in [5.41, 5.74) is 1.15. The minimum Gasteiger partial charge on any atom is -0.477 e. The minimum atomic E-state index is 0.594. The minimum absolute atomic E-state index is 0.594. The average molecular weight is 332 g/mol. The van der Waals surface area contributed by atoms with Crippen molar-refractivity contribution in [3.63, 3.8) is 0 Å². The topological polar surface area (TPSA) is 59.0 Å². The third-order valence-electron chi connectivity index (χ3n) is 4.54. The lowest BCUT2D eigenvalue weighted by Gasteiger charge is -2.24. The highest BCUT2D eigenvalue weighted by Gasteiger charge is 2.22. The highest BCUT2D eigenvalue weighted by molar-refractivity contribution is 5.79. The Morgan fingerprint density at radius 1 is 1.42 bits per heavy atom. The summed E-state index contributed by atoms with van der Waals surface area (Å²) >= 11 is 0. The first-order chi connectivity index (χ1) is 11.7. The summed E-state index contributed by atoms with van der Waals surface area (Å²) in [6.45, 7) is 4.20. The molecule has 1 aromatic heterocycles. The highest BCUT2D eigenvalue weighted by Crippen LogP contribution is 2.29. The SMILES string of the molecule is CN=C(NCc1ccnc(OCC2CC2)c1)N(C)CC1CCOC1. The van der Waals surface area contributed by atoms with E-state index in [9.17, 15) is 0 Å². The van der Waals surface area contributed by atoms with Crippen LogP contribution in [0.5, 0.6) is 5.88 Å². The van der Waals surface area contributed by atoms with E-state index >= 15 is 0 Å². The first kappa shape index (κ1) is 17.0. The zero-order chi connectivity index (χ0) is 16.8. The smallest absolute Gasteiger partial charge is 0.213 e. The summed E-state index contributed by atoms with van der Waals surface area (Å²) in [5, 5.41) is 3.42. The Morgan fingerprint density at radius 2 is 2.29 bits per heavy atom. The number of aliphatic imine (C=N–C) groups is 1. The molecule has 3 rings (SSSR count). The average Bonchev–Trinajstić information content (AvgIpc) is 3.29. The fourth-order valence-electron chi connectivity index (χ4n) is 2.89. The molecular weight excluding hydrogens is 304 g/mol. The molecule has 1 unspecified atom stereocenters. The van der Waals surface area contributed by atoms with Crippen molar-refractivity contribution < 1.29 is 9.47 Å². The maximum Gasteiger partial charge on any atom is 0.213 e. The van der Waals surface area contributed by atoms with E-state index in [2.05, 4.69) is 27.2 Å². The summed E-state index contributed by atoms with van der Waals surface area (Å²) in [6, 6.07) is 4.02. The van der Waals surface area contributed by atoms with Crippen molar-refractivity contribution in [3.8, 4) is 5.88 Å². The van der Waals surface area contributed by atoms with Gasteiger partial charge in [-0.1, -0.05) is 0 Å². The number of nitrogens with zero attached hydrogens (tertiary/aromatic N) is 3. The van der Waals surface area contributed by atoms with Crippen molar-refractivity contribution in [1.29, 1.82) is 0 Å². The van der Waals surface area contributed by atoms with Crippen LogP contribution in [-0.2, 0) is 11.3 Å². The number of guanidine groups is 1. The molecule has 1 N–H and O–H groups in total. The molecular formula is C18H28N4O2. The molecule has 2 aliphatic rings. The molecule has 132 valence electrons. The molecule has 0 spiro atoms. The van der Waals surface area contributed by atoms with Crippen molar-refractivity contribution in [2.24, 2.45) is 16.8 Å². The van der Waals surface area contributed by atoms with Crippen molar-refractivity contribution in [2.75, 3.05) is 40.5 Å². The van der Waals surface area contributed by atoms with Crippen LogP contribution in [0.4, 0.5) is 0 Å². The lowest BCUT2D eigenvalue weighted by molar-refractivity contribution is 0.181. The molecule has 2 fully saturated rings. The van der Waals surface area contributed by atoms with Crippen LogP contribution in [0.1, 0.15) is 24.8 Å². The van der Waals surface area contributed by atoms with Gasteiger partial charge in [0.15, 0.2) is 5.96 Å². The fraction of sp³-hybridized carbons (Fsp3) is 0.667. The zero-order valence-electron chi connectivity index (χ0n) is 14.7. The first-order valence-electron chi connectivity index (χ1n) is 8.82. The zero-order valence-corrected chi connectivity index (χ0v) is 14.7. The maximum atomic E-state index is 5.75. The lowest BCUT2D eigenvalue weighted by atomic mass is 10.1. The van der Waals surface area contributed by atoms with Gasteiger partial charge in [0.2, 0.25) is 5.88 Å². The van der Waals surface area contributed by atoms with Crippen LogP contribution in [0, 0.1) is 11.8 Å².